The summed E-state index contributed by atoms with van der Waals surface area (Å²) in [6, 6.07) is 18.3. The second kappa shape index (κ2) is 6.84. The van der Waals surface area contributed by atoms with Crippen LogP contribution in [0.4, 0.5) is 17.6 Å². The summed E-state index contributed by atoms with van der Waals surface area (Å²) in [7, 11) is 1.94. The summed E-state index contributed by atoms with van der Waals surface area (Å²) in [4.78, 5) is 13.7. The third-order valence-electron chi connectivity index (χ3n) is 4.20. The number of benzene rings is 2. The minimum atomic E-state index is 0.0973. The minimum absolute atomic E-state index is 0.0973. The lowest BCUT2D eigenvalue weighted by Gasteiger charge is -2.16. The van der Waals surface area contributed by atoms with Gasteiger partial charge in [0.2, 0.25) is 5.95 Å². The highest BCUT2D eigenvalue weighted by Gasteiger charge is 2.11. The maximum absolute atomic E-state index is 4.69. The van der Waals surface area contributed by atoms with Crippen molar-refractivity contribution in [1.82, 2.24) is 19.5 Å². The van der Waals surface area contributed by atoms with Gasteiger partial charge in [0.15, 0.2) is 0 Å². The lowest BCUT2D eigenvalue weighted by atomic mass is 10.1. The van der Waals surface area contributed by atoms with Crippen LogP contribution in [-0.4, -0.2) is 19.5 Å². The smallest absolute Gasteiger partial charge is 0.225 e. The van der Waals surface area contributed by atoms with Crippen LogP contribution in [-0.2, 0) is 7.05 Å². The Bertz CT molecular complexity index is 1020. The van der Waals surface area contributed by atoms with Crippen molar-refractivity contribution in [3.05, 3.63) is 72.7 Å². The zero-order valence-electron chi connectivity index (χ0n) is 14.7. The first-order valence-corrected chi connectivity index (χ1v) is 8.52. The van der Waals surface area contributed by atoms with E-state index in [1.54, 1.807) is 6.33 Å². The number of nitrogens with one attached hydrogen (secondary N) is 2. The van der Waals surface area contributed by atoms with Gasteiger partial charge in [-0.05, 0) is 24.6 Å². The number of nitrogens with zero attached hydrogens (tertiary/aromatic N) is 4. The van der Waals surface area contributed by atoms with E-state index >= 15 is 0 Å². The van der Waals surface area contributed by atoms with Crippen molar-refractivity contribution >= 4 is 28.5 Å². The van der Waals surface area contributed by atoms with Crippen LogP contribution < -0.4 is 10.6 Å². The summed E-state index contributed by atoms with van der Waals surface area (Å²) in [5, 5.41) is 7.65. The first-order valence-electron chi connectivity index (χ1n) is 8.52. The van der Waals surface area contributed by atoms with Gasteiger partial charge in [-0.3, -0.25) is 0 Å². The average molecular weight is 344 g/mol. The molecule has 6 nitrogen and oxygen atoms in total. The van der Waals surface area contributed by atoms with E-state index in [-0.39, 0.29) is 6.04 Å². The molecule has 0 aliphatic heterocycles. The normalized spacial score (nSPS) is 12.1. The number of hydrogen-bond acceptors (Lipinski definition) is 5. The molecule has 4 rings (SSSR count). The maximum atomic E-state index is 4.69. The molecule has 0 radical (unpaired) electrons. The van der Waals surface area contributed by atoms with E-state index in [0.29, 0.717) is 5.95 Å². The fourth-order valence-electron chi connectivity index (χ4n) is 2.85. The lowest BCUT2D eigenvalue weighted by Crippen LogP contribution is -2.10. The molecule has 1 atom stereocenters. The highest BCUT2D eigenvalue weighted by Crippen LogP contribution is 2.26. The van der Waals surface area contributed by atoms with Gasteiger partial charge in [-0.25, -0.2) is 9.97 Å². The van der Waals surface area contributed by atoms with Gasteiger partial charge in [0, 0.05) is 18.6 Å². The van der Waals surface area contributed by atoms with Gasteiger partial charge in [-0.1, -0.05) is 42.5 Å². The van der Waals surface area contributed by atoms with E-state index in [9.17, 15) is 0 Å². The van der Waals surface area contributed by atoms with E-state index in [1.165, 1.54) is 5.56 Å². The zero-order chi connectivity index (χ0) is 17.9. The molecule has 0 saturated carbocycles. The van der Waals surface area contributed by atoms with Crippen molar-refractivity contribution in [3.8, 4) is 0 Å². The SMILES string of the molecule is C[C@H](Nc1nc(Nc2cn(C)cn2)c2ccccc2n1)c1ccccc1. The molecule has 2 heterocycles. The van der Waals surface area contributed by atoms with Crippen molar-refractivity contribution in [2.75, 3.05) is 10.6 Å². The minimum Gasteiger partial charge on any atom is -0.348 e. The fourth-order valence-corrected chi connectivity index (χ4v) is 2.85. The number of imidazole rings is 1. The summed E-state index contributed by atoms with van der Waals surface area (Å²) in [5.41, 5.74) is 2.06. The van der Waals surface area contributed by atoms with Crippen LogP contribution in [0.1, 0.15) is 18.5 Å². The molecule has 26 heavy (non-hydrogen) atoms. The molecule has 0 bridgehead atoms. The van der Waals surface area contributed by atoms with Gasteiger partial charge in [0.25, 0.3) is 0 Å². The summed E-state index contributed by atoms with van der Waals surface area (Å²) in [5.74, 6) is 2.06. The lowest BCUT2D eigenvalue weighted by molar-refractivity contribution is 0.864. The van der Waals surface area contributed by atoms with Crippen LogP contribution in [0.3, 0.4) is 0 Å². The van der Waals surface area contributed by atoms with Gasteiger partial charge < -0.3 is 15.2 Å². The van der Waals surface area contributed by atoms with Crippen LogP contribution in [0.15, 0.2) is 67.1 Å². The third-order valence-corrected chi connectivity index (χ3v) is 4.20. The topological polar surface area (TPSA) is 67.7 Å². The van der Waals surface area contributed by atoms with E-state index in [2.05, 4.69) is 44.6 Å². The molecule has 130 valence electrons. The Morgan fingerprint density at radius 2 is 1.73 bits per heavy atom. The molecule has 0 amide bonds. The molecule has 4 aromatic rings. The number of para-hydroxylation sites is 1. The van der Waals surface area contributed by atoms with Crippen molar-refractivity contribution in [1.29, 1.82) is 0 Å². The van der Waals surface area contributed by atoms with Gasteiger partial charge in [0.05, 0.1) is 17.9 Å². The quantitative estimate of drug-likeness (QED) is 0.565. The van der Waals surface area contributed by atoms with Gasteiger partial charge in [-0.2, -0.15) is 4.98 Å². The van der Waals surface area contributed by atoms with Crippen molar-refractivity contribution in [2.45, 2.75) is 13.0 Å². The fraction of sp³-hybridized carbons (Fsp3) is 0.150. The molecule has 0 saturated heterocycles. The molecule has 0 aliphatic carbocycles. The van der Waals surface area contributed by atoms with Crippen LogP contribution >= 0.6 is 0 Å². The number of anilines is 3. The highest BCUT2D eigenvalue weighted by molar-refractivity contribution is 5.91. The molecule has 6 heteroatoms. The van der Waals surface area contributed by atoms with Crippen LogP contribution in [0.2, 0.25) is 0 Å². The number of hydrogen-bond donors (Lipinski definition) is 2. The average Bonchev–Trinajstić information content (AvgIpc) is 3.07. The molecule has 2 aromatic heterocycles. The second-order valence-electron chi connectivity index (χ2n) is 6.24. The van der Waals surface area contributed by atoms with E-state index < -0.39 is 0 Å². The third kappa shape index (κ3) is 3.35. The standard InChI is InChI=1S/C20H20N6/c1-14(15-8-4-3-5-9-15)22-20-23-17-11-7-6-10-16(17)19(25-20)24-18-12-26(2)13-21-18/h3-14H,1-2H3,(H2,22,23,24,25)/t14-/m0/s1. The van der Waals surface area contributed by atoms with Gasteiger partial charge in [0.1, 0.15) is 11.6 Å². The number of aryl methyl sites for hydroxylation is 1. The first kappa shape index (κ1) is 16.1. The number of aromatic nitrogens is 4. The summed E-state index contributed by atoms with van der Waals surface area (Å²) in [6.07, 6.45) is 3.67. The molecule has 2 aromatic carbocycles. The predicted molar refractivity (Wildman–Crippen MR) is 105 cm³/mol. The molecule has 0 unspecified atom stereocenters. The Morgan fingerprint density at radius 3 is 2.50 bits per heavy atom. The Kier molecular flexibility index (Phi) is 4.23. The summed E-state index contributed by atoms with van der Waals surface area (Å²) < 4.78 is 1.89. The Morgan fingerprint density at radius 1 is 0.962 bits per heavy atom. The predicted octanol–water partition coefficient (Wildman–Crippen LogP) is 4.28. The number of fused-ring (bicyclic) bond motifs is 1. The van der Waals surface area contributed by atoms with Crippen molar-refractivity contribution in [3.63, 3.8) is 0 Å². The van der Waals surface area contributed by atoms with E-state index in [4.69, 9.17) is 0 Å². The summed E-state index contributed by atoms with van der Waals surface area (Å²) >= 11 is 0. The van der Waals surface area contributed by atoms with Crippen LogP contribution in [0, 0.1) is 0 Å². The van der Waals surface area contributed by atoms with Crippen molar-refractivity contribution < 1.29 is 0 Å². The zero-order valence-corrected chi connectivity index (χ0v) is 14.7. The van der Waals surface area contributed by atoms with Crippen LogP contribution in [0.25, 0.3) is 10.9 Å². The molecule has 2 N–H and O–H groups in total. The second-order valence-corrected chi connectivity index (χ2v) is 6.24. The van der Waals surface area contributed by atoms with E-state index in [1.807, 2.05) is 60.3 Å². The Hall–Kier alpha value is -3.41. The highest BCUT2D eigenvalue weighted by atomic mass is 15.2. The summed E-state index contributed by atoms with van der Waals surface area (Å²) in [6.45, 7) is 2.10. The largest absolute Gasteiger partial charge is 0.348 e. The Labute approximate surface area is 151 Å². The molecular formula is C20H20N6. The van der Waals surface area contributed by atoms with Gasteiger partial charge >= 0.3 is 0 Å². The maximum Gasteiger partial charge on any atom is 0.225 e. The van der Waals surface area contributed by atoms with Crippen molar-refractivity contribution in [2.24, 2.45) is 7.05 Å². The Balaban J connectivity index is 1.69. The molecule has 0 fully saturated rings. The molecule has 0 aliphatic rings. The monoisotopic (exact) mass is 344 g/mol. The first-order chi connectivity index (χ1) is 12.7. The number of rotatable bonds is 5. The van der Waals surface area contributed by atoms with Gasteiger partial charge in [-0.15, -0.1) is 0 Å². The van der Waals surface area contributed by atoms with E-state index in [0.717, 1.165) is 22.5 Å². The molecular weight excluding hydrogens is 324 g/mol. The molecule has 0 spiro atoms. The van der Waals surface area contributed by atoms with Crippen LogP contribution in [0.5, 0.6) is 0 Å².